The minimum Gasteiger partial charge on any atom is -0.399 e. The average Bonchev–Trinajstić information content (AvgIpc) is 2.73. The second-order valence-corrected chi connectivity index (χ2v) is 4.35. The van der Waals surface area contributed by atoms with Gasteiger partial charge in [-0.25, -0.2) is 0 Å². The van der Waals surface area contributed by atoms with E-state index in [4.69, 9.17) is 5.73 Å². The van der Waals surface area contributed by atoms with Crippen molar-refractivity contribution in [2.75, 3.05) is 25.4 Å². The molecule has 0 atom stereocenters. The number of nitrogens with two attached hydrogens (primary N) is 1. The van der Waals surface area contributed by atoms with E-state index < -0.39 is 0 Å². The highest BCUT2D eigenvalue weighted by Gasteiger charge is 2.03. The number of aromatic nitrogens is 1. The fourth-order valence-corrected chi connectivity index (χ4v) is 2.20. The van der Waals surface area contributed by atoms with Gasteiger partial charge in [0.05, 0.1) is 0 Å². The van der Waals surface area contributed by atoms with E-state index in [9.17, 15) is 0 Å². The lowest BCUT2D eigenvalue weighted by Crippen LogP contribution is -2.26. The van der Waals surface area contributed by atoms with Gasteiger partial charge in [-0.3, -0.25) is 0 Å². The zero-order valence-corrected chi connectivity index (χ0v) is 13.1. The molecule has 1 aromatic heterocycles. The third-order valence-electron chi connectivity index (χ3n) is 3.35. The molecule has 5 heteroatoms. The number of hydrogen-bond acceptors (Lipinski definition) is 2. The van der Waals surface area contributed by atoms with E-state index in [1.165, 1.54) is 10.9 Å². The van der Waals surface area contributed by atoms with E-state index in [0.29, 0.717) is 0 Å². The summed E-state index contributed by atoms with van der Waals surface area (Å²) in [6.07, 6.45) is 2.15. The first kappa shape index (κ1) is 18.1. The highest BCUT2D eigenvalue weighted by Crippen LogP contribution is 2.18. The van der Waals surface area contributed by atoms with Crippen molar-refractivity contribution in [1.82, 2.24) is 9.47 Å². The van der Waals surface area contributed by atoms with E-state index in [-0.39, 0.29) is 24.8 Å². The summed E-state index contributed by atoms with van der Waals surface area (Å²) in [5.74, 6) is 0. The third kappa shape index (κ3) is 4.30. The van der Waals surface area contributed by atoms with Crippen LogP contribution in [0, 0.1) is 0 Å². The molecule has 0 radical (unpaired) electrons. The fourth-order valence-electron chi connectivity index (χ4n) is 2.20. The maximum atomic E-state index is 5.78. The molecule has 0 aliphatic carbocycles. The molecule has 0 saturated carbocycles. The predicted molar refractivity (Wildman–Crippen MR) is 88.6 cm³/mol. The molecule has 108 valence electrons. The number of nitrogen functional groups attached to an aromatic ring is 1. The molecule has 0 unspecified atom stereocenters. The molecule has 0 spiro atoms. The van der Waals surface area contributed by atoms with Crippen LogP contribution in [0.15, 0.2) is 30.5 Å². The van der Waals surface area contributed by atoms with E-state index in [1.807, 2.05) is 12.1 Å². The Kier molecular flexibility index (Phi) is 7.91. The van der Waals surface area contributed by atoms with Crippen molar-refractivity contribution in [3.63, 3.8) is 0 Å². The van der Waals surface area contributed by atoms with Gasteiger partial charge < -0.3 is 15.2 Å². The van der Waals surface area contributed by atoms with Gasteiger partial charge >= 0.3 is 0 Å². The van der Waals surface area contributed by atoms with E-state index in [0.717, 1.165) is 31.9 Å². The lowest BCUT2D eigenvalue weighted by atomic mass is 10.2. The summed E-state index contributed by atoms with van der Waals surface area (Å²) in [5, 5.41) is 1.23. The fraction of sp³-hybridized carbons (Fsp3) is 0.429. The van der Waals surface area contributed by atoms with Gasteiger partial charge in [-0.1, -0.05) is 13.8 Å². The van der Waals surface area contributed by atoms with Gasteiger partial charge in [0.1, 0.15) is 0 Å². The van der Waals surface area contributed by atoms with Gasteiger partial charge in [0.2, 0.25) is 0 Å². The lowest BCUT2D eigenvalue weighted by Gasteiger charge is -2.18. The van der Waals surface area contributed by atoms with Crippen molar-refractivity contribution >= 4 is 41.4 Å². The molecule has 19 heavy (non-hydrogen) atoms. The summed E-state index contributed by atoms with van der Waals surface area (Å²) in [6, 6.07) is 8.24. The van der Waals surface area contributed by atoms with Gasteiger partial charge in [-0.2, -0.15) is 0 Å². The summed E-state index contributed by atoms with van der Waals surface area (Å²) in [4.78, 5) is 2.43. The van der Waals surface area contributed by atoms with Crippen LogP contribution in [-0.4, -0.2) is 29.1 Å². The van der Waals surface area contributed by atoms with Gasteiger partial charge in [0.15, 0.2) is 0 Å². The van der Waals surface area contributed by atoms with Crippen molar-refractivity contribution in [2.24, 2.45) is 0 Å². The number of hydrogen-bond donors (Lipinski definition) is 1. The Labute approximate surface area is 127 Å². The second-order valence-electron chi connectivity index (χ2n) is 4.35. The molecular weight excluding hydrogens is 281 g/mol. The van der Waals surface area contributed by atoms with Crippen LogP contribution in [0.1, 0.15) is 13.8 Å². The van der Waals surface area contributed by atoms with Crippen molar-refractivity contribution in [1.29, 1.82) is 0 Å². The average molecular weight is 304 g/mol. The maximum Gasteiger partial charge on any atom is 0.0482 e. The second kappa shape index (κ2) is 8.31. The molecule has 2 rings (SSSR count). The first-order valence-corrected chi connectivity index (χ1v) is 6.31. The van der Waals surface area contributed by atoms with Crippen molar-refractivity contribution in [3.05, 3.63) is 30.5 Å². The van der Waals surface area contributed by atoms with Crippen LogP contribution in [0.4, 0.5) is 5.69 Å². The SMILES string of the molecule is CCN(CC)CCn1ccc2cc(N)ccc21.Cl.Cl. The van der Waals surface area contributed by atoms with Crippen LogP contribution in [-0.2, 0) is 6.54 Å². The first-order chi connectivity index (χ1) is 8.24. The molecule has 3 nitrogen and oxygen atoms in total. The summed E-state index contributed by atoms with van der Waals surface area (Å²) in [7, 11) is 0. The van der Waals surface area contributed by atoms with Crippen LogP contribution in [0.2, 0.25) is 0 Å². The number of nitrogens with zero attached hydrogens (tertiary/aromatic N) is 2. The molecule has 0 aliphatic heterocycles. The van der Waals surface area contributed by atoms with Crippen molar-refractivity contribution in [3.8, 4) is 0 Å². The Hall–Kier alpha value is -0.900. The monoisotopic (exact) mass is 303 g/mol. The van der Waals surface area contributed by atoms with Gasteiger partial charge in [-0.15, -0.1) is 24.8 Å². The Morgan fingerprint density at radius 1 is 1.11 bits per heavy atom. The molecule has 1 heterocycles. The molecule has 2 aromatic rings. The molecule has 0 amide bonds. The zero-order valence-electron chi connectivity index (χ0n) is 11.5. The minimum absolute atomic E-state index is 0. The number of likely N-dealkylation sites (N-methyl/N-ethyl adjacent to an activating group) is 1. The van der Waals surface area contributed by atoms with E-state index >= 15 is 0 Å². The topological polar surface area (TPSA) is 34.2 Å². The Balaban J connectivity index is 0.00000162. The van der Waals surface area contributed by atoms with Gasteiger partial charge in [0.25, 0.3) is 0 Å². The summed E-state index contributed by atoms with van der Waals surface area (Å²) < 4.78 is 2.30. The number of halogens is 2. The van der Waals surface area contributed by atoms with E-state index in [1.54, 1.807) is 0 Å². The standard InChI is InChI=1S/C14H21N3.2ClH/c1-3-16(4-2)9-10-17-8-7-12-11-13(15)5-6-14(12)17;;/h5-8,11H,3-4,9-10,15H2,1-2H3;2*1H. The molecule has 1 aromatic carbocycles. The number of rotatable bonds is 5. The Bertz CT molecular complexity index is 492. The highest BCUT2D eigenvalue weighted by atomic mass is 35.5. The first-order valence-electron chi connectivity index (χ1n) is 6.31. The Morgan fingerprint density at radius 3 is 2.42 bits per heavy atom. The van der Waals surface area contributed by atoms with Crippen molar-refractivity contribution in [2.45, 2.75) is 20.4 Å². The highest BCUT2D eigenvalue weighted by molar-refractivity contribution is 5.85. The van der Waals surface area contributed by atoms with Gasteiger partial charge in [0, 0.05) is 35.9 Å². The molecule has 0 bridgehead atoms. The van der Waals surface area contributed by atoms with Crippen LogP contribution < -0.4 is 5.73 Å². The molecule has 2 N–H and O–H groups in total. The number of anilines is 1. The smallest absolute Gasteiger partial charge is 0.0482 e. The summed E-state index contributed by atoms with van der Waals surface area (Å²) in [5.41, 5.74) is 7.88. The number of fused-ring (bicyclic) bond motifs is 1. The molecular formula is C14H23Cl2N3. The largest absolute Gasteiger partial charge is 0.399 e. The quantitative estimate of drug-likeness (QED) is 0.859. The lowest BCUT2D eigenvalue weighted by molar-refractivity contribution is 0.292. The predicted octanol–water partition coefficient (Wildman–Crippen LogP) is 3.41. The number of benzene rings is 1. The summed E-state index contributed by atoms with van der Waals surface area (Å²) >= 11 is 0. The summed E-state index contributed by atoms with van der Waals surface area (Å²) in [6.45, 7) is 8.78. The normalized spacial score (nSPS) is 10.3. The van der Waals surface area contributed by atoms with Crippen LogP contribution >= 0.6 is 24.8 Å². The zero-order chi connectivity index (χ0) is 12.3. The molecule has 0 saturated heterocycles. The van der Waals surface area contributed by atoms with Crippen molar-refractivity contribution < 1.29 is 0 Å². The Morgan fingerprint density at radius 2 is 1.79 bits per heavy atom. The molecule has 0 aliphatic rings. The van der Waals surface area contributed by atoms with Crippen LogP contribution in [0.3, 0.4) is 0 Å². The molecule has 0 fully saturated rings. The van der Waals surface area contributed by atoms with Crippen LogP contribution in [0.25, 0.3) is 10.9 Å². The third-order valence-corrected chi connectivity index (χ3v) is 3.35. The maximum absolute atomic E-state index is 5.78. The minimum atomic E-state index is 0. The van der Waals surface area contributed by atoms with E-state index in [2.05, 4.69) is 41.6 Å². The van der Waals surface area contributed by atoms with Gasteiger partial charge in [-0.05, 0) is 37.4 Å². The van der Waals surface area contributed by atoms with Crippen LogP contribution in [0.5, 0.6) is 0 Å².